The number of benzene rings is 1. The monoisotopic (exact) mass is 431 g/mol. The van der Waals surface area contributed by atoms with Gasteiger partial charge in [0.25, 0.3) is 5.56 Å². The molecule has 2 N–H and O–H groups in total. The minimum Gasteiger partial charge on any atom is -0.450 e. The summed E-state index contributed by atoms with van der Waals surface area (Å²) in [6.45, 7) is 4.48. The fraction of sp³-hybridized carbons (Fsp3) is 0.429. The van der Waals surface area contributed by atoms with Gasteiger partial charge in [0.05, 0.1) is 6.61 Å². The van der Waals surface area contributed by atoms with Gasteiger partial charge in [0.2, 0.25) is 11.9 Å². The summed E-state index contributed by atoms with van der Waals surface area (Å²) in [7, 11) is 0. The van der Waals surface area contributed by atoms with E-state index in [1.807, 2.05) is 0 Å². The largest absolute Gasteiger partial charge is 0.450 e. The highest BCUT2D eigenvalue weighted by atomic mass is 19.1. The molecule has 1 saturated heterocycles. The standard InChI is InChI=1S/C21H26FN5O4/c1-3-31-21(30)26-9-7-16(8-10-26)24-18(28)13-27-19(29)11-14(2)23-20(27)25-17-6-4-5-15(22)12-17/h4-6,11-12,16H,3,7-10,13H2,1-2H3,(H,23,25)(H,24,28). The number of aromatic nitrogens is 2. The molecule has 0 spiro atoms. The number of carbonyl (C=O) groups excluding carboxylic acids is 2. The van der Waals surface area contributed by atoms with Crippen LogP contribution in [0.4, 0.5) is 20.8 Å². The average molecular weight is 431 g/mol. The van der Waals surface area contributed by atoms with Gasteiger partial charge >= 0.3 is 6.09 Å². The van der Waals surface area contributed by atoms with Crippen LogP contribution >= 0.6 is 0 Å². The highest BCUT2D eigenvalue weighted by Gasteiger charge is 2.25. The van der Waals surface area contributed by atoms with E-state index in [0.717, 1.165) is 0 Å². The van der Waals surface area contributed by atoms with Gasteiger partial charge < -0.3 is 20.3 Å². The Morgan fingerprint density at radius 1 is 1.26 bits per heavy atom. The van der Waals surface area contributed by atoms with Crippen LogP contribution in [0.5, 0.6) is 0 Å². The third-order valence-electron chi connectivity index (χ3n) is 4.90. The Balaban J connectivity index is 1.65. The van der Waals surface area contributed by atoms with Crippen molar-refractivity contribution in [2.75, 3.05) is 25.0 Å². The number of piperidine rings is 1. The molecule has 0 bridgehead atoms. The molecule has 10 heteroatoms. The van der Waals surface area contributed by atoms with E-state index >= 15 is 0 Å². The molecule has 3 rings (SSSR count). The number of hydrogen-bond acceptors (Lipinski definition) is 6. The van der Waals surface area contributed by atoms with E-state index in [2.05, 4.69) is 15.6 Å². The third-order valence-corrected chi connectivity index (χ3v) is 4.90. The van der Waals surface area contributed by atoms with E-state index in [0.29, 0.717) is 43.9 Å². The lowest BCUT2D eigenvalue weighted by Crippen LogP contribution is -2.47. The first kappa shape index (κ1) is 22.3. The molecule has 1 aromatic heterocycles. The van der Waals surface area contributed by atoms with Crippen molar-refractivity contribution in [3.8, 4) is 0 Å². The minimum absolute atomic E-state index is 0.105. The fourth-order valence-corrected chi connectivity index (χ4v) is 3.40. The number of rotatable bonds is 6. The van der Waals surface area contributed by atoms with Crippen LogP contribution in [0.25, 0.3) is 0 Å². The molecule has 0 aliphatic carbocycles. The second-order valence-electron chi connectivity index (χ2n) is 7.31. The predicted octanol–water partition coefficient (Wildman–Crippen LogP) is 2.17. The number of halogens is 1. The van der Waals surface area contributed by atoms with Crippen LogP contribution < -0.4 is 16.2 Å². The van der Waals surface area contributed by atoms with Crippen LogP contribution in [0, 0.1) is 12.7 Å². The maximum absolute atomic E-state index is 13.5. The summed E-state index contributed by atoms with van der Waals surface area (Å²) < 4.78 is 19.7. The second-order valence-corrected chi connectivity index (χ2v) is 7.31. The van der Waals surface area contributed by atoms with E-state index in [1.54, 1.807) is 24.8 Å². The van der Waals surface area contributed by atoms with Crippen molar-refractivity contribution in [3.63, 3.8) is 0 Å². The van der Waals surface area contributed by atoms with Crippen molar-refractivity contribution in [3.05, 3.63) is 52.2 Å². The van der Waals surface area contributed by atoms with Gasteiger partial charge in [-0.1, -0.05) is 6.07 Å². The van der Waals surface area contributed by atoms with Crippen LogP contribution in [0.3, 0.4) is 0 Å². The zero-order valence-corrected chi connectivity index (χ0v) is 17.6. The molecule has 0 unspecified atom stereocenters. The van der Waals surface area contributed by atoms with Crippen LogP contribution in [0.15, 0.2) is 35.1 Å². The van der Waals surface area contributed by atoms with Gasteiger partial charge in [0.1, 0.15) is 12.4 Å². The number of likely N-dealkylation sites (tertiary alicyclic amines) is 1. The second kappa shape index (κ2) is 10.1. The van der Waals surface area contributed by atoms with Crippen LogP contribution in [0.2, 0.25) is 0 Å². The first-order chi connectivity index (χ1) is 14.9. The van der Waals surface area contributed by atoms with Crippen molar-refractivity contribution < 1.29 is 18.7 Å². The predicted molar refractivity (Wildman–Crippen MR) is 113 cm³/mol. The van der Waals surface area contributed by atoms with E-state index < -0.39 is 11.4 Å². The molecule has 2 amide bonds. The zero-order valence-electron chi connectivity index (χ0n) is 17.6. The molecule has 2 aromatic rings. The first-order valence-electron chi connectivity index (χ1n) is 10.2. The number of hydrogen-bond donors (Lipinski definition) is 2. The van der Waals surface area contributed by atoms with Gasteiger partial charge in [-0.2, -0.15) is 0 Å². The molecule has 9 nitrogen and oxygen atoms in total. The molecule has 31 heavy (non-hydrogen) atoms. The molecule has 0 atom stereocenters. The number of amides is 2. The minimum atomic E-state index is -0.432. The SMILES string of the molecule is CCOC(=O)N1CCC(NC(=O)Cn2c(Nc3cccc(F)c3)nc(C)cc2=O)CC1. The lowest BCUT2D eigenvalue weighted by molar-refractivity contribution is -0.122. The number of ether oxygens (including phenoxy) is 1. The summed E-state index contributed by atoms with van der Waals surface area (Å²) in [5, 5.41) is 5.82. The summed E-state index contributed by atoms with van der Waals surface area (Å²) in [4.78, 5) is 42.8. The molecule has 2 heterocycles. The molecule has 0 saturated carbocycles. The Hall–Kier alpha value is -3.43. The number of aryl methyl sites for hydroxylation is 1. The van der Waals surface area contributed by atoms with E-state index in [-0.39, 0.29) is 30.5 Å². The summed E-state index contributed by atoms with van der Waals surface area (Å²) in [6, 6.07) is 6.98. The average Bonchev–Trinajstić information content (AvgIpc) is 2.71. The van der Waals surface area contributed by atoms with Gasteiger partial charge in [-0.3, -0.25) is 14.2 Å². The molecule has 1 fully saturated rings. The van der Waals surface area contributed by atoms with Crippen LogP contribution in [-0.4, -0.2) is 52.2 Å². The van der Waals surface area contributed by atoms with Gasteiger partial charge in [-0.05, 0) is 44.9 Å². The van der Waals surface area contributed by atoms with Crippen LogP contribution in [-0.2, 0) is 16.1 Å². The van der Waals surface area contributed by atoms with Gasteiger partial charge in [-0.25, -0.2) is 14.2 Å². The molecule has 1 aliphatic heterocycles. The normalized spacial score (nSPS) is 14.2. The Morgan fingerprint density at radius 3 is 2.68 bits per heavy atom. The number of nitrogens with zero attached hydrogens (tertiary/aromatic N) is 3. The fourth-order valence-electron chi connectivity index (χ4n) is 3.40. The molecule has 166 valence electrons. The van der Waals surface area contributed by atoms with Crippen molar-refractivity contribution in [1.29, 1.82) is 0 Å². The summed E-state index contributed by atoms with van der Waals surface area (Å²) in [6.07, 6.45) is 0.845. The van der Waals surface area contributed by atoms with Crippen molar-refractivity contribution in [2.24, 2.45) is 0 Å². The highest BCUT2D eigenvalue weighted by Crippen LogP contribution is 2.16. The lowest BCUT2D eigenvalue weighted by Gasteiger charge is -2.31. The molecular formula is C21H26FN5O4. The van der Waals surface area contributed by atoms with E-state index in [4.69, 9.17) is 4.74 Å². The molecular weight excluding hydrogens is 405 g/mol. The molecule has 1 aromatic carbocycles. The number of anilines is 2. The number of nitrogens with one attached hydrogen (secondary N) is 2. The topological polar surface area (TPSA) is 106 Å². The summed E-state index contributed by atoms with van der Waals surface area (Å²) >= 11 is 0. The van der Waals surface area contributed by atoms with E-state index in [1.165, 1.54) is 28.8 Å². The third kappa shape index (κ3) is 6.03. The van der Waals surface area contributed by atoms with Crippen molar-refractivity contribution >= 4 is 23.6 Å². The molecule has 1 aliphatic rings. The van der Waals surface area contributed by atoms with Gasteiger partial charge in [0, 0.05) is 36.6 Å². The quantitative estimate of drug-likeness (QED) is 0.726. The Bertz CT molecular complexity index is 1000. The lowest BCUT2D eigenvalue weighted by atomic mass is 10.1. The summed E-state index contributed by atoms with van der Waals surface area (Å²) in [5.41, 5.74) is 0.503. The maximum Gasteiger partial charge on any atom is 0.409 e. The smallest absolute Gasteiger partial charge is 0.409 e. The Kier molecular flexibility index (Phi) is 7.22. The van der Waals surface area contributed by atoms with Crippen molar-refractivity contribution in [1.82, 2.24) is 19.8 Å². The zero-order chi connectivity index (χ0) is 22.4. The van der Waals surface area contributed by atoms with E-state index in [9.17, 15) is 18.8 Å². The number of carbonyl (C=O) groups is 2. The highest BCUT2D eigenvalue weighted by molar-refractivity contribution is 5.76. The van der Waals surface area contributed by atoms with Crippen LogP contribution in [0.1, 0.15) is 25.5 Å². The Morgan fingerprint density at radius 2 is 2.00 bits per heavy atom. The molecule has 0 radical (unpaired) electrons. The van der Waals surface area contributed by atoms with Crippen molar-refractivity contribution in [2.45, 2.75) is 39.3 Å². The van der Waals surface area contributed by atoms with Gasteiger partial charge in [0.15, 0.2) is 0 Å². The van der Waals surface area contributed by atoms with Gasteiger partial charge in [-0.15, -0.1) is 0 Å². The summed E-state index contributed by atoms with van der Waals surface area (Å²) in [5.74, 6) is -0.619. The maximum atomic E-state index is 13.5. The Labute approximate surface area is 179 Å². The first-order valence-corrected chi connectivity index (χ1v) is 10.2.